The number of pyridine rings is 1. The number of esters is 1. The lowest BCUT2D eigenvalue weighted by molar-refractivity contribution is 0.0592. The third-order valence-corrected chi connectivity index (χ3v) is 2.86. The molecular formula is C12H14N2O2. The number of hydrogen-bond donors (Lipinski definition) is 0. The van der Waals surface area contributed by atoms with Crippen LogP contribution in [-0.2, 0) is 4.74 Å². The first-order valence-corrected chi connectivity index (χ1v) is 5.09. The number of fused-ring (bicyclic) bond motifs is 1. The van der Waals surface area contributed by atoms with Crippen LogP contribution >= 0.6 is 0 Å². The Morgan fingerprint density at radius 1 is 1.38 bits per heavy atom. The SMILES string of the molecule is COC(=O)c1c(C)nc2c(C)c(C)ccn12. The van der Waals surface area contributed by atoms with Gasteiger partial charge < -0.3 is 4.74 Å². The quantitative estimate of drug-likeness (QED) is 0.688. The summed E-state index contributed by atoms with van der Waals surface area (Å²) < 4.78 is 6.54. The van der Waals surface area contributed by atoms with Gasteiger partial charge >= 0.3 is 5.97 Å². The zero-order valence-electron chi connectivity index (χ0n) is 9.87. The molecule has 0 atom stereocenters. The molecule has 0 radical (unpaired) electrons. The summed E-state index contributed by atoms with van der Waals surface area (Å²) in [5.41, 5.74) is 4.26. The van der Waals surface area contributed by atoms with Crippen molar-refractivity contribution < 1.29 is 9.53 Å². The number of rotatable bonds is 1. The Labute approximate surface area is 93.9 Å². The van der Waals surface area contributed by atoms with E-state index in [1.165, 1.54) is 7.11 Å². The van der Waals surface area contributed by atoms with Crippen LogP contribution in [-0.4, -0.2) is 22.5 Å². The molecule has 0 fully saturated rings. The molecule has 4 nitrogen and oxygen atoms in total. The van der Waals surface area contributed by atoms with E-state index in [0.29, 0.717) is 11.4 Å². The average Bonchev–Trinajstić information content (AvgIpc) is 2.60. The largest absolute Gasteiger partial charge is 0.464 e. The first kappa shape index (κ1) is 10.7. The lowest BCUT2D eigenvalue weighted by atomic mass is 10.2. The maximum Gasteiger partial charge on any atom is 0.356 e. The van der Waals surface area contributed by atoms with Gasteiger partial charge in [-0.3, -0.25) is 4.40 Å². The number of hydrogen-bond acceptors (Lipinski definition) is 3. The Kier molecular flexibility index (Phi) is 2.42. The summed E-state index contributed by atoms with van der Waals surface area (Å²) in [5.74, 6) is -0.353. The molecule has 0 aliphatic rings. The molecular weight excluding hydrogens is 204 g/mol. The maximum absolute atomic E-state index is 11.6. The van der Waals surface area contributed by atoms with Gasteiger partial charge in [-0.05, 0) is 38.0 Å². The van der Waals surface area contributed by atoms with Gasteiger partial charge in [-0.15, -0.1) is 0 Å². The average molecular weight is 218 g/mol. The third kappa shape index (κ3) is 1.38. The second kappa shape index (κ2) is 3.63. The predicted octanol–water partition coefficient (Wildman–Crippen LogP) is 2.05. The lowest BCUT2D eigenvalue weighted by Gasteiger charge is -2.04. The highest BCUT2D eigenvalue weighted by molar-refractivity contribution is 5.90. The second-order valence-corrected chi connectivity index (χ2v) is 3.85. The molecule has 0 amide bonds. The summed E-state index contributed by atoms with van der Waals surface area (Å²) >= 11 is 0. The minimum Gasteiger partial charge on any atom is -0.464 e. The molecule has 0 bridgehead atoms. The van der Waals surface area contributed by atoms with Crippen molar-refractivity contribution in [1.29, 1.82) is 0 Å². The van der Waals surface area contributed by atoms with Crippen LogP contribution in [0.4, 0.5) is 0 Å². The molecule has 0 N–H and O–H groups in total. The fraction of sp³-hybridized carbons (Fsp3) is 0.333. The van der Waals surface area contributed by atoms with E-state index in [0.717, 1.165) is 16.8 Å². The van der Waals surface area contributed by atoms with Gasteiger partial charge in [-0.1, -0.05) is 0 Å². The van der Waals surface area contributed by atoms with E-state index in [9.17, 15) is 4.79 Å². The van der Waals surface area contributed by atoms with E-state index in [2.05, 4.69) is 4.98 Å². The summed E-state index contributed by atoms with van der Waals surface area (Å²) in [7, 11) is 1.38. The van der Waals surface area contributed by atoms with Crippen molar-refractivity contribution in [2.24, 2.45) is 0 Å². The smallest absolute Gasteiger partial charge is 0.356 e. The monoisotopic (exact) mass is 218 g/mol. The van der Waals surface area contributed by atoms with Gasteiger partial charge in [0.1, 0.15) is 5.65 Å². The van der Waals surface area contributed by atoms with Crippen molar-refractivity contribution in [3.8, 4) is 0 Å². The topological polar surface area (TPSA) is 43.6 Å². The molecule has 16 heavy (non-hydrogen) atoms. The van der Waals surface area contributed by atoms with Crippen LogP contribution in [0.5, 0.6) is 0 Å². The molecule has 0 aliphatic carbocycles. The maximum atomic E-state index is 11.6. The molecule has 0 aromatic carbocycles. The van der Waals surface area contributed by atoms with Crippen LogP contribution in [0.2, 0.25) is 0 Å². The number of imidazole rings is 1. The lowest BCUT2D eigenvalue weighted by Crippen LogP contribution is -2.07. The highest BCUT2D eigenvalue weighted by Gasteiger charge is 2.18. The number of ether oxygens (including phenoxy) is 1. The minimum atomic E-state index is -0.353. The fourth-order valence-corrected chi connectivity index (χ4v) is 1.79. The van der Waals surface area contributed by atoms with Gasteiger partial charge in [0.15, 0.2) is 5.69 Å². The van der Waals surface area contributed by atoms with E-state index in [1.807, 2.05) is 33.0 Å². The molecule has 2 aromatic heterocycles. The Morgan fingerprint density at radius 2 is 2.06 bits per heavy atom. The standard InChI is InChI=1S/C12H14N2O2/c1-7-5-6-14-10(12(15)16-4)9(3)13-11(14)8(7)2/h5-6H,1-4H3. The van der Waals surface area contributed by atoms with Crippen LogP contribution in [0, 0.1) is 20.8 Å². The van der Waals surface area contributed by atoms with Crippen molar-refractivity contribution in [1.82, 2.24) is 9.38 Å². The van der Waals surface area contributed by atoms with E-state index in [-0.39, 0.29) is 5.97 Å². The van der Waals surface area contributed by atoms with Crippen molar-refractivity contribution in [3.63, 3.8) is 0 Å². The number of aryl methyl sites for hydroxylation is 3. The molecule has 0 unspecified atom stereocenters. The van der Waals surface area contributed by atoms with Crippen molar-refractivity contribution >= 4 is 11.6 Å². The summed E-state index contributed by atoms with van der Waals surface area (Å²) in [6.07, 6.45) is 1.85. The number of nitrogens with zero attached hydrogens (tertiary/aromatic N) is 2. The summed E-state index contributed by atoms with van der Waals surface area (Å²) in [6, 6.07) is 1.97. The molecule has 4 heteroatoms. The summed E-state index contributed by atoms with van der Waals surface area (Å²) in [6.45, 7) is 5.84. The molecule has 0 saturated heterocycles. The Hall–Kier alpha value is -1.84. The van der Waals surface area contributed by atoms with E-state index >= 15 is 0 Å². The predicted molar refractivity (Wildman–Crippen MR) is 60.7 cm³/mol. The Morgan fingerprint density at radius 3 is 2.69 bits per heavy atom. The van der Waals surface area contributed by atoms with Gasteiger partial charge in [0.2, 0.25) is 0 Å². The third-order valence-electron chi connectivity index (χ3n) is 2.86. The first-order chi connectivity index (χ1) is 7.56. The molecule has 0 saturated carbocycles. The molecule has 84 valence electrons. The number of carbonyl (C=O) groups is 1. The van der Waals surface area contributed by atoms with Crippen molar-refractivity contribution in [2.45, 2.75) is 20.8 Å². The summed E-state index contributed by atoms with van der Waals surface area (Å²) in [5, 5.41) is 0. The van der Waals surface area contributed by atoms with Gasteiger partial charge in [0, 0.05) is 6.20 Å². The fourth-order valence-electron chi connectivity index (χ4n) is 1.79. The second-order valence-electron chi connectivity index (χ2n) is 3.85. The highest BCUT2D eigenvalue weighted by Crippen LogP contribution is 2.18. The van der Waals surface area contributed by atoms with Crippen LogP contribution in [0.15, 0.2) is 12.3 Å². The van der Waals surface area contributed by atoms with Crippen LogP contribution in [0.3, 0.4) is 0 Å². The number of carbonyl (C=O) groups excluding carboxylic acids is 1. The van der Waals surface area contributed by atoms with Crippen LogP contribution < -0.4 is 0 Å². The molecule has 2 rings (SSSR count). The van der Waals surface area contributed by atoms with Crippen molar-refractivity contribution in [3.05, 3.63) is 34.8 Å². The first-order valence-electron chi connectivity index (χ1n) is 5.09. The van der Waals surface area contributed by atoms with Crippen LogP contribution in [0.1, 0.15) is 27.3 Å². The van der Waals surface area contributed by atoms with E-state index < -0.39 is 0 Å². The van der Waals surface area contributed by atoms with Gasteiger partial charge in [-0.2, -0.15) is 0 Å². The van der Waals surface area contributed by atoms with Gasteiger partial charge in [0.05, 0.1) is 12.8 Å². The Balaban J connectivity index is 2.82. The van der Waals surface area contributed by atoms with Crippen molar-refractivity contribution in [2.75, 3.05) is 7.11 Å². The molecule has 2 aromatic rings. The van der Waals surface area contributed by atoms with E-state index in [4.69, 9.17) is 4.74 Å². The zero-order chi connectivity index (χ0) is 11.9. The summed E-state index contributed by atoms with van der Waals surface area (Å²) in [4.78, 5) is 16.0. The zero-order valence-corrected chi connectivity index (χ0v) is 9.87. The molecule has 0 aliphatic heterocycles. The normalized spacial score (nSPS) is 10.8. The molecule has 0 spiro atoms. The Bertz CT molecular complexity index is 570. The minimum absolute atomic E-state index is 0.353. The highest BCUT2D eigenvalue weighted by atomic mass is 16.5. The molecule has 2 heterocycles. The number of aromatic nitrogens is 2. The number of methoxy groups -OCH3 is 1. The van der Waals surface area contributed by atoms with Gasteiger partial charge in [0.25, 0.3) is 0 Å². The van der Waals surface area contributed by atoms with Crippen LogP contribution in [0.25, 0.3) is 5.65 Å². The van der Waals surface area contributed by atoms with Gasteiger partial charge in [-0.25, -0.2) is 9.78 Å². The van der Waals surface area contributed by atoms with E-state index in [1.54, 1.807) is 4.40 Å².